The SMILES string of the molecule is C=C(C)CN(CC)C(=O)C1CCN(C2CCN(CCCc3ccccc3)CC2)CC1. The first-order valence-corrected chi connectivity index (χ1v) is 12.0. The first-order valence-electron chi connectivity index (χ1n) is 12.0. The molecule has 2 saturated heterocycles. The van der Waals surface area contributed by atoms with E-state index in [9.17, 15) is 4.79 Å². The van der Waals surface area contributed by atoms with Crippen molar-refractivity contribution in [1.29, 1.82) is 0 Å². The van der Waals surface area contributed by atoms with Crippen LogP contribution in [0.4, 0.5) is 0 Å². The highest BCUT2D eigenvalue weighted by Crippen LogP contribution is 2.25. The fourth-order valence-corrected chi connectivity index (χ4v) is 5.10. The number of carbonyl (C=O) groups excluding carboxylic acids is 1. The average molecular weight is 412 g/mol. The minimum atomic E-state index is 0.207. The molecule has 2 aliphatic heterocycles. The van der Waals surface area contributed by atoms with Crippen LogP contribution in [-0.4, -0.2) is 72.5 Å². The van der Waals surface area contributed by atoms with Crippen molar-refractivity contribution in [3.05, 3.63) is 48.0 Å². The van der Waals surface area contributed by atoms with Crippen LogP contribution in [-0.2, 0) is 11.2 Å². The summed E-state index contributed by atoms with van der Waals surface area (Å²) in [6, 6.07) is 11.5. The molecule has 2 fully saturated rings. The number of aryl methyl sites for hydroxylation is 1. The van der Waals surface area contributed by atoms with Crippen molar-refractivity contribution < 1.29 is 4.79 Å². The number of likely N-dealkylation sites (tertiary alicyclic amines) is 2. The van der Waals surface area contributed by atoms with Gasteiger partial charge in [-0.2, -0.15) is 0 Å². The molecule has 30 heavy (non-hydrogen) atoms. The van der Waals surface area contributed by atoms with Gasteiger partial charge in [-0.05, 0) is 90.7 Å². The Balaban J connectivity index is 1.35. The molecular formula is C26H41N3O. The number of hydrogen-bond donors (Lipinski definition) is 0. The van der Waals surface area contributed by atoms with E-state index in [0.29, 0.717) is 18.5 Å². The van der Waals surface area contributed by atoms with Gasteiger partial charge in [0.15, 0.2) is 0 Å². The molecule has 1 aromatic carbocycles. The van der Waals surface area contributed by atoms with E-state index in [1.165, 1.54) is 50.9 Å². The zero-order chi connectivity index (χ0) is 21.3. The molecule has 1 aromatic rings. The van der Waals surface area contributed by atoms with Gasteiger partial charge in [-0.3, -0.25) is 4.79 Å². The average Bonchev–Trinajstić information content (AvgIpc) is 2.78. The highest BCUT2D eigenvalue weighted by atomic mass is 16.2. The summed E-state index contributed by atoms with van der Waals surface area (Å²) in [7, 11) is 0. The number of benzene rings is 1. The Bertz CT molecular complexity index is 658. The normalized spacial score (nSPS) is 19.7. The van der Waals surface area contributed by atoms with Crippen molar-refractivity contribution in [2.24, 2.45) is 5.92 Å². The Morgan fingerprint density at radius 3 is 2.33 bits per heavy atom. The van der Waals surface area contributed by atoms with Crippen molar-refractivity contribution in [1.82, 2.24) is 14.7 Å². The van der Waals surface area contributed by atoms with E-state index >= 15 is 0 Å². The maximum Gasteiger partial charge on any atom is 0.226 e. The summed E-state index contributed by atoms with van der Waals surface area (Å²) in [6.07, 6.45) is 7.02. The molecule has 3 rings (SSSR count). The predicted molar refractivity (Wildman–Crippen MR) is 126 cm³/mol. The van der Waals surface area contributed by atoms with Crippen LogP contribution >= 0.6 is 0 Å². The van der Waals surface area contributed by atoms with Gasteiger partial charge in [-0.15, -0.1) is 0 Å². The molecule has 0 saturated carbocycles. The molecule has 0 radical (unpaired) electrons. The second kappa shape index (κ2) is 11.7. The Morgan fingerprint density at radius 1 is 1.07 bits per heavy atom. The molecule has 0 bridgehead atoms. The summed E-state index contributed by atoms with van der Waals surface area (Å²) >= 11 is 0. The first-order chi connectivity index (χ1) is 14.6. The summed E-state index contributed by atoms with van der Waals surface area (Å²) in [4.78, 5) is 20.1. The molecule has 1 amide bonds. The van der Waals surface area contributed by atoms with Crippen molar-refractivity contribution in [2.75, 3.05) is 45.8 Å². The molecule has 166 valence electrons. The number of amides is 1. The van der Waals surface area contributed by atoms with Gasteiger partial charge in [0.05, 0.1) is 0 Å². The van der Waals surface area contributed by atoms with Gasteiger partial charge in [-0.1, -0.05) is 42.5 Å². The summed E-state index contributed by atoms with van der Waals surface area (Å²) < 4.78 is 0. The van der Waals surface area contributed by atoms with Crippen molar-refractivity contribution in [3.8, 4) is 0 Å². The largest absolute Gasteiger partial charge is 0.339 e. The van der Waals surface area contributed by atoms with Gasteiger partial charge in [0, 0.05) is 25.0 Å². The van der Waals surface area contributed by atoms with E-state index < -0.39 is 0 Å². The van der Waals surface area contributed by atoms with Crippen LogP contribution in [0.25, 0.3) is 0 Å². The Kier molecular flexibility index (Phi) is 8.95. The molecule has 4 heteroatoms. The Hall–Kier alpha value is -1.65. The second-order valence-corrected chi connectivity index (χ2v) is 9.28. The van der Waals surface area contributed by atoms with Crippen molar-refractivity contribution in [2.45, 2.75) is 58.4 Å². The number of hydrogen-bond acceptors (Lipinski definition) is 3. The zero-order valence-corrected chi connectivity index (χ0v) is 19.2. The fourth-order valence-electron chi connectivity index (χ4n) is 5.10. The molecule has 0 atom stereocenters. The van der Waals surface area contributed by atoms with Crippen molar-refractivity contribution >= 4 is 5.91 Å². The molecule has 2 aliphatic rings. The summed E-state index contributed by atoms with van der Waals surface area (Å²) in [5.41, 5.74) is 2.52. The third-order valence-electron chi connectivity index (χ3n) is 6.89. The lowest BCUT2D eigenvalue weighted by Crippen LogP contribution is -2.49. The molecule has 0 aliphatic carbocycles. The van der Waals surface area contributed by atoms with E-state index in [1.807, 2.05) is 11.8 Å². The van der Waals surface area contributed by atoms with Crippen LogP contribution in [0.2, 0.25) is 0 Å². The third kappa shape index (κ3) is 6.68. The van der Waals surface area contributed by atoms with Gasteiger partial charge in [0.25, 0.3) is 0 Å². The lowest BCUT2D eigenvalue weighted by Gasteiger charge is -2.42. The number of likely N-dealkylation sites (N-methyl/N-ethyl adjacent to an activating group) is 1. The standard InChI is InChI=1S/C26H41N3O/c1-4-28(21-22(2)3)26(30)24-12-19-29(20-13-24)25-14-17-27(18-15-25)16-8-11-23-9-6-5-7-10-23/h5-7,9-10,24-25H,2,4,8,11-21H2,1,3H3. The molecule has 0 unspecified atom stereocenters. The monoisotopic (exact) mass is 411 g/mol. The van der Waals surface area contributed by atoms with Crippen LogP contribution in [0.3, 0.4) is 0 Å². The third-order valence-corrected chi connectivity index (χ3v) is 6.89. The molecule has 0 N–H and O–H groups in total. The summed E-state index contributed by atoms with van der Waals surface area (Å²) in [5.74, 6) is 0.548. The van der Waals surface area contributed by atoms with Gasteiger partial charge < -0.3 is 14.7 Å². The van der Waals surface area contributed by atoms with Crippen LogP contribution in [0, 0.1) is 5.92 Å². The second-order valence-electron chi connectivity index (χ2n) is 9.28. The molecular weight excluding hydrogens is 370 g/mol. The van der Waals surface area contributed by atoms with Gasteiger partial charge >= 0.3 is 0 Å². The maximum absolute atomic E-state index is 12.9. The van der Waals surface area contributed by atoms with E-state index in [4.69, 9.17) is 0 Å². The minimum absolute atomic E-state index is 0.207. The smallest absolute Gasteiger partial charge is 0.226 e. The summed E-state index contributed by atoms with van der Waals surface area (Å²) in [6.45, 7) is 15.4. The highest BCUT2D eigenvalue weighted by molar-refractivity contribution is 5.79. The van der Waals surface area contributed by atoms with Crippen LogP contribution in [0.1, 0.15) is 51.5 Å². The molecule has 0 spiro atoms. The fraction of sp³-hybridized carbons (Fsp3) is 0.654. The maximum atomic E-state index is 12.9. The van der Waals surface area contributed by atoms with Gasteiger partial charge in [-0.25, -0.2) is 0 Å². The molecule has 4 nitrogen and oxygen atoms in total. The lowest BCUT2D eigenvalue weighted by atomic mass is 9.92. The lowest BCUT2D eigenvalue weighted by molar-refractivity contribution is -0.136. The Labute approximate surface area is 183 Å². The molecule has 2 heterocycles. The van der Waals surface area contributed by atoms with E-state index in [0.717, 1.165) is 38.0 Å². The number of nitrogens with zero attached hydrogens (tertiary/aromatic N) is 3. The summed E-state index contributed by atoms with van der Waals surface area (Å²) in [5, 5.41) is 0. The molecule has 0 aromatic heterocycles. The van der Waals surface area contributed by atoms with E-state index in [-0.39, 0.29) is 5.92 Å². The topological polar surface area (TPSA) is 26.8 Å². The number of carbonyl (C=O) groups is 1. The highest BCUT2D eigenvalue weighted by Gasteiger charge is 2.32. The van der Waals surface area contributed by atoms with Crippen LogP contribution in [0.5, 0.6) is 0 Å². The van der Waals surface area contributed by atoms with Crippen LogP contribution in [0.15, 0.2) is 42.5 Å². The number of piperidine rings is 2. The van der Waals surface area contributed by atoms with E-state index in [2.05, 4.69) is 53.6 Å². The first kappa shape index (κ1) is 23.0. The van der Waals surface area contributed by atoms with Crippen LogP contribution < -0.4 is 0 Å². The quantitative estimate of drug-likeness (QED) is 0.569. The van der Waals surface area contributed by atoms with Gasteiger partial charge in [0.2, 0.25) is 5.91 Å². The van der Waals surface area contributed by atoms with E-state index in [1.54, 1.807) is 0 Å². The minimum Gasteiger partial charge on any atom is -0.339 e. The number of rotatable bonds is 9. The zero-order valence-electron chi connectivity index (χ0n) is 19.2. The predicted octanol–water partition coefficient (Wildman–Crippen LogP) is 4.22. The van der Waals surface area contributed by atoms with Crippen molar-refractivity contribution in [3.63, 3.8) is 0 Å². The van der Waals surface area contributed by atoms with Gasteiger partial charge in [0.1, 0.15) is 0 Å². The Morgan fingerprint density at radius 2 is 1.73 bits per heavy atom.